The average molecular weight is 823 g/mol. The van der Waals surface area contributed by atoms with Gasteiger partial charge in [-0.1, -0.05) is 48.0 Å². The van der Waals surface area contributed by atoms with Crippen LogP contribution in [0.4, 0.5) is 17.6 Å². The summed E-state index contributed by atoms with van der Waals surface area (Å²) >= 11 is 8.37. The second-order valence-electron chi connectivity index (χ2n) is 13.7. The molecule has 3 aromatic carbocycles. The molecule has 1 unspecified atom stereocenters. The average Bonchev–Trinajstić information content (AvgIpc) is 3.80. The highest BCUT2D eigenvalue weighted by Gasteiger charge is 2.30. The number of benzene rings is 3. The van der Waals surface area contributed by atoms with Crippen LogP contribution in [0.15, 0.2) is 79.3 Å². The van der Waals surface area contributed by atoms with Crippen molar-refractivity contribution in [3.63, 3.8) is 0 Å². The molecule has 0 N–H and O–H groups in total. The van der Waals surface area contributed by atoms with Crippen LogP contribution in [0, 0.1) is 12.7 Å². The summed E-state index contributed by atoms with van der Waals surface area (Å²) in [7, 11) is 2.12. The van der Waals surface area contributed by atoms with Gasteiger partial charge in [-0.05, 0) is 66.6 Å². The van der Waals surface area contributed by atoms with Gasteiger partial charge in [-0.15, -0.1) is 11.3 Å². The predicted molar refractivity (Wildman–Crippen MR) is 211 cm³/mol. The molecule has 0 spiro atoms. The third-order valence-corrected chi connectivity index (χ3v) is 11.4. The van der Waals surface area contributed by atoms with Crippen LogP contribution >= 0.6 is 22.9 Å². The Labute approximate surface area is 335 Å². The molecule has 298 valence electrons. The van der Waals surface area contributed by atoms with Crippen LogP contribution in [-0.2, 0) is 24.4 Å². The van der Waals surface area contributed by atoms with E-state index in [1.165, 1.54) is 42.1 Å². The Morgan fingerprint density at radius 3 is 2.49 bits per heavy atom. The summed E-state index contributed by atoms with van der Waals surface area (Å²) in [5.74, 6) is 0.683. The Hall–Kier alpha value is -5.09. The highest BCUT2D eigenvalue weighted by atomic mass is 35.5. The van der Waals surface area contributed by atoms with Gasteiger partial charge in [0.2, 0.25) is 5.88 Å². The number of fused-ring (bicyclic) bond motifs is 1. The van der Waals surface area contributed by atoms with Crippen LogP contribution in [0.2, 0.25) is 5.02 Å². The number of rotatable bonds is 15. The fraction of sp³-hybridized carbons (Fsp3) is 0.317. The molecular formula is C41H39ClF4N6O4S. The molecule has 4 heterocycles. The Bertz CT molecular complexity index is 2330. The number of piperazine rings is 1. The number of para-hydroxylation sites is 1. The largest absolute Gasteiger partial charge is 0.491 e. The van der Waals surface area contributed by atoms with E-state index in [1.54, 1.807) is 36.4 Å². The van der Waals surface area contributed by atoms with Gasteiger partial charge in [-0.25, -0.2) is 14.4 Å². The van der Waals surface area contributed by atoms with E-state index in [1.807, 2.05) is 19.1 Å². The summed E-state index contributed by atoms with van der Waals surface area (Å²) in [6.45, 7) is 5.68. The number of hydrogen-bond acceptors (Lipinski definition) is 10. The number of aromatic nitrogens is 4. The summed E-state index contributed by atoms with van der Waals surface area (Å²) in [6.07, 6.45) is -2.15. The van der Waals surface area contributed by atoms with Crippen molar-refractivity contribution in [2.75, 3.05) is 46.4 Å². The zero-order valence-electron chi connectivity index (χ0n) is 31.1. The lowest BCUT2D eigenvalue weighted by Crippen LogP contribution is -2.45. The van der Waals surface area contributed by atoms with Gasteiger partial charge in [0.25, 0.3) is 0 Å². The van der Waals surface area contributed by atoms with Crippen molar-refractivity contribution in [1.29, 1.82) is 0 Å². The van der Waals surface area contributed by atoms with Crippen molar-refractivity contribution in [2.24, 2.45) is 0 Å². The fourth-order valence-electron chi connectivity index (χ4n) is 6.69. The quantitative estimate of drug-likeness (QED) is 0.0750. The van der Waals surface area contributed by atoms with Crippen molar-refractivity contribution in [3.8, 4) is 38.9 Å². The molecule has 3 aromatic heterocycles. The van der Waals surface area contributed by atoms with Crippen LogP contribution in [0.5, 0.6) is 17.4 Å². The fourth-order valence-corrected chi connectivity index (χ4v) is 8.07. The van der Waals surface area contributed by atoms with E-state index in [-0.39, 0.29) is 30.4 Å². The van der Waals surface area contributed by atoms with E-state index in [0.29, 0.717) is 50.8 Å². The first-order valence-corrected chi connectivity index (χ1v) is 19.4. The lowest BCUT2D eigenvalue weighted by atomic mass is 9.96. The van der Waals surface area contributed by atoms with Crippen molar-refractivity contribution >= 4 is 39.4 Å². The first-order valence-electron chi connectivity index (χ1n) is 18.2. The predicted octanol–water partition coefficient (Wildman–Crippen LogP) is 8.28. The summed E-state index contributed by atoms with van der Waals surface area (Å²) in [5.41, 5.74) is 3.74. The summed E-state index contributed by atoms with van der Waals surface area (Å²) in [6, 6.07) is 18.3. The smallest absolute Gasteiger partial charge is 0.408 e. The number of hydrogen-bond donors (Lipinski definition) is 0. The number of carbonyl (C=O) groups is 1. The number of alkyl halides is 3. The number of likely N-dealkylation sites (N-methyl/N-ethyl adjacent to an activating group) is 1. The van der Waals surface area contributed by atoms with E-state index in [9.17, 15) is 22.4 Å². The molecule has 1 fully saturated rings. The maximum Gasteiger partial charge on any atom is 0.408 e. The topological polar surface area (TPSA) is 94.8 Å². The van der Waals surface area contributed by atoms with Crippen LogP contribution in [-0.4, -0.2) is 94.5 Å². The molecule has 0 radical (unpaired) electrons. The highest BCUT2D eigenvalue weighted by molar-refractivity contribution is 7.22. The first kappa shape index (κ1) is 40.1. The molecule has 1 saturated heterocycles. The molecule has 1 atom stereocenters. The molecule has 10 nitrogen and oxygen atoms in total. The summed E-state index contributed by atoms with van der Waals surface area (Å²) in [5, 5.41) is 4.76. The molecule has 0 bridgehead atoms. The van der Waals surface area contributed by atoms with E-state index in [4.69, 9.17) is 25.8 Å². The molecular weight excluding hydrogens is 784 g/mol. The molecule has 0 amide bonds. The van der Waals surface area contributed by atoms with Gasteiger partial charge in [0.05, 0.1) is 16.1 Å². The lowest BCUT2D eigenvalue weighted by molar-refractivity contribution is -0.143. The minimum absolute atomic E-state index is 0.0578. The number of halogens is 5. The summed E-state index contributed by atoms with van der Waals surface area (Å²) in [4.78, 5) is 27.7. The number of thiophene rings is 1. The number of ether oxygens (including phenoxy) is 3. The van der Waals surface area contributed by atoms with Gasteiger partial charge in [0, 0.05) is 55.8 Å². The number of carbonyl (C=O) groups excluding carboxylic acids is 1. The van der Waals surface area contributed by atoms with Crippen molar-refractivity contribution in [1.82, 2.24) is 29.5 Å². The van der Waals surface area contributed by atoms with E-state index >= 15 is 0 Å². The zero-order valence-corrected chi connectivity index (χ0v) is 32.7. The van der Waals surface area contributed by atoms with E-state index < -0.39 is 18.8 Å². The maximum absolute atomic E-state index is 14.1. The second kappa shape index (κ2) is 17.6. The molecule has 7 rings (SSSR count). The third-order valence-electron chi connectivity index (χ3n) is 9.76. The molecule has 0 saturated carbocycles. The van der Waals surface area contributed by atoms with Gasteiger partial charge >= 0.3 is 6.18 Å². The van der Waals surface area contributed by atoms with Gasteiger partial charge in [0.15, 0.2) is 12.4 Å². The Kier molecular flexibility index (Phi) is 12.4. The Morgan fingerprint density at radius 1 is 0.965 bits per heavy atom. The van der Waals surface area contributed by atoms with Gasteiger partial charge in [0.1, 0.15) is 48.2 Å². The summed E-state index contributed by atoms with van der Waals surface area (Å²) < 4.78 is 72.7. The van der Waals surface area contributed by atoms with Crippen molar-refractivity contribution < 1.29 is 36.6 Å². The van der Waals surface area contributed by atoms with E-state index in [0.717, 1.165) is 59.0 Å². The first-order chi connectivity index (χ1) is 27.5. The molecule has 6 aromatic rings. The monoisotopic (exact) mass is 822 g/mol. The van der Waals surface area contributed by atoms with Gasteiger partial charge < -0.3 is 19.1 Å². The number of aldehydes is 1. The lowest BCUT2D eigenvalue weighted by Gasteiger charge is -2.32. The maximum atomic E-state index is 14.1. The van der Waals surface area contributed by atoms with Crippen LogP contribution < -0.4 is 14.2 Å². The minimum Gasteiger partial charge on any atom is -0.491 e. The zero-order chi connectivity index (χ0) is 40.1. The standard InChI is InChI=1S/C41H39ClF4N6O4S/c1-26-32(11-12-34(37(26)42)54-20-19-51-17-15-50(2)16-18-51)35-36-39(47-25-48-40(36)57-38(35)27-7-9-29(43)10-8-27)56-31(22-53)21-28-5-3-4-6-33(28)55-23-30-13-14-49-52(30)24-41(44,45)46/h3-14,22,25,31H,15-21,23-24H2,1-2H3. The van der Waals surface area contributed by atoms with E-state index in [2.05, 4.69) is 31.9 Å². The second-order valence-corrected chi connectivity index (χ2v) is 15.1. The molecule has 1 aliphatic rings. The van der Waals surface area contributed by atoms with Crippen LogP contribution in [0.1, 0.15) is 16.8 Å². The third kappa shape index (κ3) is 9.55. The van der Waals surface area contributed by atoms with Gasteiger partial charge in [-0.3, -0.25) is 14.4 Å². The van der Waals surface area contributed by atoms with Crippen LogP contribution in [0.3, 0.4) is 0 Å². The SMILES string of the molecule is Cc1c(-c2c(-c3ccc(F)cc3)sc3ncnc(OC(C=O)Cc4ccccc4OCc4ccnn4CC(F)(F)F)c23)ccc(OCCN2CCN(C)CC2)c1Cl. The highest BCUT2D eigenvalue weighted by Crippen LogP contribution is 2.49. The van der Waals surface area contributed by atoms with Crippen LogP contribution in [0.25, 0.3) is 31.8 Å². The Balaban J connectivity index is 1.18. The van der Waals surface area contributed by atoms with Crippen molar-refractivity contribution in [2.45, 2.75) is 38.8 Å². The normalized spacial score (nSPS) is 14.5. The molecule has 1 aliphatic heterocycles. The Morgan fingerprint density at radius 2 is 1.74 bits per heavy atom. The minimum atomic E-state index is -4.45. The van der Waals surface area contributed by atoms with Gasteiger partial charge in [-0.2, -0.15) is 18.3 Å². The molecule has 57 heavy (non-hydrogen) atoms. The molecule has 16 heteroatoms. The number of nitrogens with zero attached hydrogens (tertiary/aromatic N) is 6. The molecule has 0 aliphatic carbocycles. The van der Waals surface area contributed by atoms with Crippen molar-refractivity contribution in [3.05, 3.63) is 107 Å².